The molecular formula is C15H41N2O11P. The smallest absolute Gasteiger partial charge is 0.466 e. The molecule has 0 aromatic rings. The summed E-state index contributed by atoms with van der Waals surface area (Å²) in [6.45, 7) is 10.5. The summed E-state index contributed by atoms with van der Waals surface area (Å²) in [5.41, 5.74) is 0. The molecule has 0 fully saturated rings. The quantitative estimate of drug-likeness (QED) is 0.168. The number of hydrogen-bond acceptors (Lipinski definition) is 8. The zero-order valence-electron chi connectivity index (χ0n) is 18.7. The molecule has 14 heteroatoms. The van der Waals surface area contributed by atoms with Crippen molar-refractivity contribution >= 4 is 20.2 Å². The van der Waals surface area contributed by atoms with Gasteiger partial charge in [0.1, 0.15) is 0 Å². The molecule has 0 aliphatic carbocycles. The van der Waals surface area contributed by atoms with Crippen LogP contribution in [-0.4, -0.2) is 93.3 Å². The number of aliphatic hydroxyl groups is 3. The van der Waals surface area contributed by atoms with Gasteiger partial charge in [0.2, 0.25) is 6.41 Å². The van der Waals surface area contributed by atoms with Crippen LogP contribution in [-0.2, 0) is 18.9 Å². The Morgan fingerprint density at radius 1 is 1.21 bits per heavy atom. The third-order valence-corrected chi connectivity index (χ3v) is 0.558. The average molecular weight is 456 g/mol. The summed E-state index contributed by atoms with van der Waals surface area (Å²) < 4.78 is 13.3. The van der Waals surface area contributed by atoms with Crippen LogP contribution in [0.1, 0.15) is 41.5 Å². The first-order chi connectivity index (χ1) is 12.6. The number of rotatable bonds is 2. The van der Waals surface area contributed by atoms with Crippen molar-refractivity contribution in [1.29, 1.82) is 5.26 Å². The van der Waals surface area contributed by atoms with Crippen molar-refractivity contribution in [2.24, 2.45) is 0 Å². The molecular weight excluding hydrogens is 415 g/mol. The number of ether oxygens (including phenoxy) is 1. The molecule has 0 unspecified atom stereocenters. The first kappa shape index (κ1) is 50.7. The van der Waals surface area contributed by atoms with Gasteiger partial charge in [0, 0.05) is 47.8 Å². The fourth-order valence-corrected chi connectivity index (χ4v) is 0.203. The predicted molar refractivity (Wildman–Crippen MR) is 109 cm³/mol. The highest BCUT2D eigenvalue weighted by Gasteiger charge is 2.00. The summed E-state index contributed by atoms with van der Waals surface area (Å²) >= 11 is 0. The fourth-order valence-electron chi connectivity index (χ4n) is 0.203. The Hall–Kier alpha value is -1.62. The van der Waals surface area contributed by atoms with E-state index in [4.69, 9.17) is 39.8 Å². The van der Waals surface area contributed by atoms with Gasteiger partial charge in [-0.1, -0.05) is 0 Å². The van der Waals surface area contributed by atoms with Gasteiger partial charge >= 0.3 is 13.8 Å². The van der Waals surface area contributed by atoms with Crippen LogP contribution in [0.25, 0.3) is 0 Å². The van der Waals surface area contributed by atoms with Gasteiger partial charge in [-0.15, -0.1) is 0 Å². The normalized spacial score (nSPS) is 7.14. The topological polar surface area (TPSA) is 240 Å². The van der Waals surface area contributed by atoms with Gasteiger partial charge in [0.15, 0.2) is 0 Å². The summed E-state index contributed by atoms with van der Waals surface area (Å²) in [5, 5.41) is 29.9. The van der Waals surface area contributed by atoms with Crippen molar-refractivity contribution in [1.82, 2.24) is 4.90 Å². The summed E-state index contributed by atoms with van der Waals surface area (Å²) in [6, 6.07) is 1.75. The Labute approximate surface area is 173 Å². The summed E-state index contributed by atoms with van der Waals surface area (Å²) in [6.07, 6.45) is 0.583. The zero-order chi connectivity index (χ0) is 24.8. The van der Waals surface area contributed by atoms with Crippen LogP contribution in [0.5, 0.6) is 0 Å². The number of aliphatic hydroxyl groups excluding tert-OH is 3. The maximum absolute atomic E-state index is 9.82. The molecule has 0 aromatic carbocycles. The molecule has 182 valence electrons. The molecule has 29 heavy (non-hydrogen) atoms. The lowest BCUT2D eigenvalue weighted by atomic mass is 10.5. The van der Waals surface area contributed by atoms with Crippen molar-refractivity contribution in [2.45, 2.75) is 47.6 Å². The molecule has 0 atom stereocenters. The molecule has 0 spiro atoms. The van der Waals surface area contributed by atoms with Gasteiger partial charge in [-0.3, -0.25) is 9.59 Å². The Kier molecular flexibility index (Phi) is 88.0. The molecule has 0 rings (SSSR count). The fraction of sp³-hybridized carbons (Fsp3) is 0.800. The van der Waals surface area contributed by atoms with Crippen LogP contribution in [0.3, 0.4) is 0 Å². The van der Waals surface area contributed by atoms with Gasteiger partial charge in [-0.05, 0) is 27.7 Å². The third-order valence-electron chi connectivity index (χ3n) is 0.558. The SMILES string of the molecule is CC#N.CC(C)O.CCO.CCOC(C)=O.CN(C)C=O.CO.O.O=P(O)(O)O. The van der Waals surface area contributed by atoms with E-state index in [0.717, 1.165) is 13.5 Å². The van der Waals surface area contributed by atoms with Crippen LogP contribution >= 0.6 is 7.82 Å². The molecule has 1 amide bonds. The van der Waals surface area contributed by atoms with Gasteiger partial charge in [0.25, 0.3) is 0 Å². The van der Waals surface area contributed by atoms with E-state index >= 15 is 0 Å². The summed E-state index contributed by atoms with van der Waals surface area (Å²) in [5.74, 6) is -0.211. The Bertz CT molecular complexity index is 346. The second-order valence-electron chi connectivity index (χ2n) is 4.14. The van der Waals surface area contributed by atoms with Gasteiger partial charge in [0.05, 0.1) is 12.7 Å². The minimum Gasteiger partial charge on any atom is -0.466 e. The molecule has 0 aromatic heterocycles. The Balaban J connectivity index is -0.0000000302. The third kappa shape index (κ3) is 1370. The van der Waals surface area contributed by atoms with Gasteiger partial charge in [-0.25, -0.2) is 4.57 Å². The van der Waals surface area contributed by atoms with Crippen molar-refractivity contribution in [3.05, 3.63) is 0 Å². The molecule has 0 radical (unpaired) electrons. The standard InChI is InChI=1S/C4H8O2.C3H7NO.C3H8O.C2H3N.C2H6O.CH4O.H3O4P.H2O/c1-3-6-4(2)5;1-4(2)3-5;1-3(2)4;2*1-2-3;1-2;1-5(2,3)4;/h3H2,1-2H3;3H,1-2H3;3-4H,1-2H3;1H3;3H,2H2,1H3;2H,1H3;(H3,1,2,3,4);1H2. The molecule has 0 aliphatic rings. The highest BCUT2D eigenvalue weighted by atomic mass is 31.2. The van der Waals surface area contributed by atoms with Crippen molar-refractivity contribution < 1.29 is 54.4 Å². The Morgan fingerprint density at radius 2 is 1.34 bits per heavy atom. The first-order valence-corrected chi connectivity index (χ1v) is 9.25. The number of nitrogens with zero attached hydrogens (tertiary/aromatic N) is 2. The van der Waals surface area contributed by atoms with E-state index in [9.17, 15) is 9.59 Å². The molecule has 8 N–H and O–H groups in total. The molecule has 0 saturated heterocycles. The predicted octanol–water partition coefficient (Wildman–Crippen LogP) is -0.955. The maximum Gasteiger partial charge on any atom is 0.466 e. The van der Waals surface area contributed by atoms with Crippen LogP contribution in [0.4, 0.5) is 0 Å². The second-order valence-corrected chi connectivity index (χ2v) is 5.17. The highest BCUT2D eigenvalue weighted by molar-refractivity contribution is 7.45. The summed E-state index contributed by atoms with van der Waals surface area (Å²) in [4.78, 5) is 42.3. The van der Waals surface area contributed by atoms with E-state index < -0.39 is 7.82 Å². The van der Waals surface area contributed by atoms with Crippen molar-refractivity contribution in [3.63, 3.8) is 0 Å². The number of hydrogen-bond donors (Lipinski definition) is 6. The highest BCUT2D eigenvalue weighted by Crippen LogP contribution is 2.25. The van der Waals surface area contributed by atoms with E-state index in [1.807, 2.05) is 0 Å². The van der Waals surface area contributed by atoms with E-state index in [-0.39, 0.29) is 24.2 Å². The van der Waals surface area contributed by atoms with E-state index in [2.05, 4.69) is 4.74 Å². The average Bonchev–Trinajstić information content (AvgIpc) is 2.49. The lowest BCUT2D eigenvalue weighted by Gasteiger charge is -1.93. The van der Waals surface area contributed by atoms with Gasteiger partial charge < -0.3 is 45.1 Å². The minimum absolute atomic E-state index is 0. The van der Waals surface area contributed by atoms with Crippen molar-refractivity contribution in [3.8, 4) is 6.07 Å². The van der Waals surface area contributed by atoms with E-state index in [1.54, 1.807) is 47.9 Å². The van der Waals surface area contributed by atoms with Crippen LogP contribution < -0.4 is 0 Å². The number of nitriles is 1. The minimum atomic E-state index is -4.64. The number of esters is 1. The molecule has 0 bridgehead atoms. The van der Waals surface area contributed by atoms with Gasteiger partial charge in [-0.2, -0.15) is 5.26 Å². The maximum atomic E-state index is 9.82. The largest absolute Gasteiger partial charge is 0.466 e. The second kappa shape index (κ2) is 50.3. The zero-order valence-corrected chi connectivity index (χ0v) is 19.6. The summed E-state index contributed by atoms with van der Waals surface area (Å²) in [7, 11) is -0.264. The molecule has 0 aliphatic heterocycles. The van der Waals surface area contributed by atoms with E-state index in [0.29, 0.717) is 6.61 Å². The van der Waals surface area contributed by atoms with E-state index in [1.165, 1.54) is 18.7 Å². The lowest BCUT2D eigenvalue weighted by Crippen LogP contribution is -2.06. The lowest BCUT2D eigenvalue weighted by molar-refractivity contribution is -0.140. The van der Waals surface area contributed by atoms with Crippen LogP contribution in [0.2, 0.25) is 0 Å². The molecule has 13 nitrogen and oxygen atoms in total. The molecule has 0 saturated carbocycles. The monoisotopic (exact) mass is 456 g/mol. The first-order valence-electron chi connectivity index (χ1n) is 7.68. The van der Waals surface area contributed by atoms with Crippen LogP contribution in [0, 0.1) is 11.3 Å². The number of amides is 1. The number of carbonyl (C=O) groups excluding carboxylic acids is 2. The van der Waals surface area contributed by atoms with Crippen LogP contribution in [0.15, 0.2) is 0 Å². The number of carbonyl (C=O) groups is 2. The molecule has 0 heterocycles. The van der Waals surface area contributed by atoms with Crippen molar-refractivity contribution in [2.75, 3.05) is 34.4 Å². The Morgan fingerprint density at radius 3 is 1.34 bits per heavy atom. The number of phosphoric acid groups is 1.